The Kier molecular flexibility index (Phi) is 4.14. The van der Waals surface area contributed by atoms with Crippen LogP contribution in [0.4, 0.5) is 0 Å². The second kappa shape index (κ2) is 5.27. The maximum absolute atomic E-state index is 10.0. The lowest BCUT2D eigenvalue weighted by Crippen LogP contribution is -2.40. The highest BCUT2D eigenvalue weighted by Gasteiger charge is 2.37. The highest BCUT2D eigenvalue weighted by molar-refractivity contribution is 4.88. The summed E-state index contributed by atoms with van der Waals surface area (Å²) in [6, 6.07) is 0. The van der Waals surface area contributed by atoms with Crippen molar-refractivity contribution >= 4 is 0 Å². The van der Waals surface area contributed by atoms with E-state index in [1.807, 2.05) is 0 Å². The first-order chi connectivity index (χ1) is 8.03. The lowest BCUT2D eigenvalue weighted by atomic mass is 9.68. The molecule has 0 spiro atoms. The third kappa shape index (κ3) is 3.45. The molecule has 0 bridgehead atoms. The zero-order valence-corrected chi connectivity index (χ0v) is 11.6. The van der Waals surface area contributed by atoms with Gasteiger partial charge in [-0.3, -0.25) is 0 Å². The lowest BCUT2D eigenvalue weighted by Gasteiger charge is -2.41. The highest BCUT2D eigenvalue weighted by atomic mass is 16.5. The highest BCUT2D eigenvalue weighted by Crippen LogP contribution is 2.41. The molecule has 2 rings (SSSR count). The number of ether oxygens (including phenoxy) is 1. The molecule has 100 valence electrons. The van der Waals surface area contributed by atoms with Gasteiger partial charge in [-0.15, -0.1) is 0 Å². The summed E-state index contributed by atoms with van der Waals surface area (Å²) in [6.07, 6.45) is 6.87. The van der Waals surface area contributed by atoms with Crippen LogP contribution in [0.25, 0.3) is 0 Å². The van der Waals surface area contributed by atoms with Crippen molar-refractivity contribution in [2.45, 2.75) is 71.5 Å². The minimum Gasteiger partial charge on any atom is -0.390 e. The molecule has 3 atom stereocenters. The van der Waals surface area contributed by atoms with Crippen LogP contribution in [0.1, 0.15) is 59.3 Å². The predicted octanol–water partition coefficient (Wildman–Crippen LogP) is 3.38. The Hall–Kier alpha value is -0.0800. The van der Waals surface area contributed by atoms with Crippen LogP contribution in [-0.4, -0.2) is 23.9 Å². The van der Waals surface area contributed by atoms with Crippen LogP contribution in [0, 0.1) is 17.3 Å². The summed E-state index contributed by atoms with van der Waals surface area (Å²) < 4.78 is 5.94. The van der Waals surface area contributed by atoms with Gasteiger partial charge < -0.3 is 9.84 Å². The Morgan fingerprint density at radius 1 is 1.18 bits per heavy atom. The Morgan fingerprint density at radius 2 is 1.88 bits per heavy atom. The minimum atomic E-state index is -0.224. The largest absolute Gasteiger partial charge is 0.390 e. The van der Waals surface area contributed by atoms with Crippen molar-refractivity contribution < 1.29 is 9.84 Å². The molecule has 0 aromatic carbocycles. The topological polar surface area (TPSA) is 29.5 Å². The molecule has 2 aliphatic carbocycles. The van der Waals surface area contributed by atoms with Crippen molar-refractivity contribution in [2.75, 3.05) is 6.61 Å². The van der Waals surface area contributed by atoms with Crippen LogP contribution in [0.15, 0.2) is 0 Å². The van der Waals surface area contributed by atoms with Crippen molar-refractivity contribution in [3.63, 3.8) is 0 Å². The average Bonchev–Trinajstić information content (AvgIpc) is 3.11. The summed E-state index contributed by atoms with van der Waals surface area (Å²) in [5.41, 5.74) is 0.390. The molecule has 2 aliphatic rings. The summed E-state index contributed by atoms with van der Waals surface area (Å²) >= 11 is 0. The summed E-state index contributed by atoms with van der Waals surface area (Å²) in [4.78, 5) is 0. The second-order valence-corrected chi connectivity index (χ2v) is 6.73. The normalized spacial score (nSPS) is 34.9. The van der Waals surface area contributed by atoms with E-state index in [0.717, 1.165) is 31.8 Å². The first-order valence-electron chi connectivity index (χ1n) is 7.32. The molecule has 0 radical (unpaired) electrons. The van der Waals surface area contributed by atoms with Crippen LogP contribution >= 0.6 is 0 Å². The van der Waals surface area contributed by atoms with Crippen LogP contribution in [0.5, 0.6) is 0 Å². The maximum Gasteiger partial charge on any atom is 0.0836 e. The van der Waals surface area contributed by atoms with Gasteiger partial charge in [-0.1, -0.05) is 27.2 Å². The Bertz CT molecular complexity index is 245. The van der Waals surface area contributed by atoms with Crippen molar-refractivity contribution in [3.8, 4) is 0 Å². The molecule has 0 aromatic rings. The van der Waals surface area contributed by atoms with E-state index < -0.39 is 0 Å². The molecule has 0 saturated heterocycles. The fraction of sp³-hybridized carbons (Fsp3) is 1.00. The molecule has 2 nitrogen and oxygen atoms in total. The van der Waals surface area contributed by atoms with Gasteiger partial charge in [0.1, 0.15) is 0 Å². The molecule has 0 amide bonds. The number of hydrogen-bond donors (Lipinski definition) is 1. The molecule has 2 fully saturated rings. The van der Waals surface area contributed by atoms with E-state index in [0.29, 0.717) is 11.3 Å². The Labute approximate surface area is 106 Å². The maximum atomic E-state index is 10.0. The molecule has 0 aliphatic heterocycles. The van der Waals surface area contributed by atoms with Crippen molar-refractivity contribution in [3.05, 3.63) is 0 Å². The first kappa shape index (κ1) is 13.4. The molecule has 2 saturated carbocycles. The molecule has 2 heteroatoms. The number of aliphatic hydroxyl groups excluding tert-OH is 1. The van der Waals surface area contributed by atoms with Gasteiger partial charge in [-0.05, 0) is 49.4 Å². The molecule has 1 N–H and O–H groups in total. The van der Waals surface area contributed by atoms with Gasteiger partial charge in [-0.2, -0.15) is 0 Å². The molecular formula is C15H28O2. The van der Waals surface area contributed by atoms with E-state index >= 15 is 0 Å². The van der Waals surface area contributed by atoms with Crippen LogP contribution < -0.4 is 0 Å². The third-order valence-corrected chi connectivity index (χ3v) is 5.02. The monoisotopic (exact) mass is 240 g/mol. The summed E-state index contributed by atoms with van der Waals surface area (Å²) in [7, 11) is 0. The van der Waals surface area contributed by atoms with E-state index in [-0.39, 0.29) is 12.2 Å². The standard InChI is InChI=1S/C15H28O2/c1-4-15(2,3)12-7-8-13(16)14(9-12)17-10-11-5-6-11/h11-14,16H,4-10H2,1-3H3. The zero-order valence-electron chi connectivity index (χ0n) is 11.6. The summed E-state index contributed by atoms with van der Waals surface area (Å²) in [6.45, 7) is 7.85. The quantitative estimate of drug-likeness (QED) is 0.798. The SMILES string of the molecule is CCC(C)(C)C1CCC(O)C(OCC2CC2)C1. The third-order valence-electron chi connectivity index (χ3n) is 5.02. The van der Waals surface area contributed by atoms with Crippen molar-refractivity contribution in [2.24, 2.45) is 17.3 Å². The average molecular weight is 240 g/mol. The van der Waals surface area contributed by atoms with E-state index in [2.05, 4.69) is 20.8 Å². The molecule has 0 heterocycles. The van der Waals surface area contributed by atoms with Gasteiger partial charge in [-0.25, -0.2) is 0 Å². The summed E-state index contributed by atoms with van der Waals surface area (Å²) in [5.74, 6) is 1.50. The fourth-order valence-electron chi connectivity index (χ4n) is 2.83. The smallest absolute Gasteiger partial charge is 0.0836 e. The molecular weight excluding hydrogens is 212 g/mol. The molecule has 0 aromatic heterocycles. The Morgan fingerprint density at radius 3 is 2.47 bits per heavy atom. The minimum absolute atomic E-state index is 0.0974. The molecule has 17 heavy (non-hydrogen) atoms. The van der Waals surface area contributed by atoms with Gasteiger partial charge in [0.25, 0.3) is 0 Å². The van der Waals surface area contributed by atoms with Gasteiger partial charge in [0.15, 0.2) is 0 Å². The van der Waals surface area contributed by atoms with Crippen LogP contribution in [0.2, 0.25) is 0 Å². The van der Waals surface area contributed by atoms with E-state index in [1.54, 1.807) is 0 Å². The Balaban J connectivity index is 1.86. The van der Waals surface area contributed by atoms with E-state index in [9.17, 15) is 5.11 Å². The molecule has 3 unspecified atom stereocenters. The van der Waals surface area contributed by atoms with Crippen LogP contribution in [0.3, 0.4) is 0 Å². The van der Waals surface area contributed by atoms with Gasteiger partial charge in [0.05, 0.1) is 12.2 Å². The van der Waals surface area contributed by atoms with Gasteiger partial charge >= 0.3 is 0 Å². The van der Waals surface area contributed by atoms with E-state index in [4.69, 9.17) is 4.74 Å². The number of aliphatic hydroxyl groups is 1. The van der Waals surface area contributed by atoms with Crippen molar-refractivity contribution in [1.29, 1.82) is 0 Å². The van der Waals surface area contributed by atoms with Gasteiger partial charge in [0.2, 0.25) is 0 Å². The lowest BCUT2D eigenvalue weighted by molar-refractivity contribution is -0.0884. The summed E-state index contributed by atoms with van der Waals surface area (Å²) in [5, 5.41) is 10.0. The van der Waals surface area contributed by atoms with E-state index in [1.165, 1.54) is 19.3 Å². The predicted molar refractivity (Wildman–Crippen MR) is 69.9 cm³/mol. The zero-order chi connectivity index (χ0) is 12.5. The second-order valence-electron chi connectivity index (χ2n) is 6.73. The van der Waals surface area contributed by atoms with Crippen LogP contribution in [-0.2, 0) is 4.74 Å². The first-order valence-corrected chi connectivity index (χ1v) is 7.32. The number of hydrogen-bond acceptors (Lipinski definition) is 2. The fourth-order valence-corrected chi connectivity index (χ4v) is 2.83. The van der Waals surface area contributed by atoms with Crippen molar-refractivity contribution in [1.82, 2.24) is 0 Å². The number of rotatable bonds is 5. The van der Waals surface area contributed by atoms with Gasteiger partial charge in [0, 0.05) is 6.61 Å².